The summed E-state index contributed by atoms with van der Waals surface area (Å²) in [6.07, 6.45) is 0. The summed E-state index contributed by atoms with van der Waals surface area (Å²) in [5.41, 5.74) is 0.630. The van der Waals surface area contributed by atoms with Gasteiger partial charge in [0.1, 0.15) is 24.7 Å². The Balaban J connectivity index is 1.58. The summed E-state index contributed by atoms with van der Waals surface area (Å²) >= 11 is 0. The van der Waals surface area contributed by atoms with Crippen LogP contribution in [0.4, 0.5) is 5.69 Å². The molecule has 0 atom stereocenters. The van der Waals surface area contributed by atoms with Crippen LogP contribution in [0.2, 0.25) is 0 Å². The molecule has 2 N–H and O–H groups in total. The molecular formula is C22H19NO5. The fourth-order valence-electron chi connectivity index (χ4n) is 2.54. The van der Waals surface area contributed by atoms with E-state index >= 15 is 0 Å². The third-order valence-electron chi connectivity index (χ3n) is 3.87. The first kappa shape index (κ1) is 19.0. The summed E-state index contributed by atoms with van der Waals surface area (Å²) in [6.45, 7) is 0.689. The zero-order chi connectivity index (χ0) is 19.8. The number of hydrogen-bond acceptors (Lipinski definition) is 4. The number of carboxylic acids is 1. The molecule has 3 aromatic rings. The molecule has 0 aliphatic heterocycles. The Morgan fingerprint density at radius 3 is 2.18 bits per heavy atom. The van der Waals surface area contributed by atoms with Crippen molar-refractivity contribution in [1.82, 2.24) is 0 Å². The lowest BCUT2D eigenvalue weighted by Gasteiger charge is -2.11. The number of carbonyl (C=O) groups excluding carboxylic acids is 1. The lowest BCUT2D eigenvalue weighted by atomic mass is 10.1. The predicted molar refractivity (Wildman–Crippen MR) is 105 cm³/mol. The number of carboxylic acid groups (broad SMARTS) is 1. The molecule has 0 saturated carbocycles. The van der Waals surface area contributed by atoms with Gasteiger partial charge in [-0.15, -0.1) is 0 Å². The molecule has 6 nitrogen and oxygen atoms in total. The van der Waals surface area contributed by atoms with Gasteiger partial charge < -0.3 is 19.9 Å². The molecule has 6 heteroatoms. The van der Waals surface area contributed by atoms with E-state index in [0.29, 0.717) is 24.5 Å². The molecule has 0 fully saturated rings. The molecule has 28 heavy (non-hydrogen) atoms. The van der Waals surface area contributed by atoms with Crippen LogP contribution in [0.1, 0.15) is 20.7 Å². The minimum absolute atomic E-state index is 0.0290. The lowest BCUT2D eigenvalue weighted by Crippen LogP contribution is -2.15. The molecule has 0 aliphatic rings. The first-order valence-electron chi connectivity index (χ1n) is 8.68. The lowest BCUT2D eigenvalue weighted by molar-refractivity contribution is 0.0698. The minimum Gasteiger partial charge on any atom is -0.490 e. The van der Waals surface area contributed by atoms with Crippen LogP contribution in [0, 0.1) is 0 Å². The molecular weight excluding hydrogens is 358 g/mol. The van der Waals surface area contributed by atoms with Gasteiger partial charge in [-0.05, 0) is 42.5 Å². The molecule has 0 radical (unpaired) electrons. The number of anilines is 1. The van der Waals surface area contributed by atoms with E-state index < -0.39 is 11.9 Å². The largest absolute Gasteiger partial charge is 0.490 e. The van der Waals surface area contributed by atoms with Gasteiger partial charge >= 0.3 is 5.97 Å². The van der Waals surface area contributed by atoms with Crippen LogP contribution in [0.3, 0.4) is 0 Å². The quantitative estimate of drug-likeness (QED) is 0.578. The molecule has 0 aromatic heterocycles. The van der Waals surface area contributed by atoms with Crippen molar-refractivity contribution in [2.24, 2.45) is 0 Å². The van der Waals surface area contributed by atoms with Crippen LogP contribution in [-0.2, 0) is 0 Å². The van der Waals surface area contributed by atoms with E-state index in [1.807, 2.05) is 30.3 Å². The standard InChI is InChI=1S/C22H19NO5/c24-21(23-20-12-5-4-11-19(20)22(25)26)16-7-6-10-18(15-16)28-14-13-27-17-8-2-1-3-9-17/h1-12,15H,13-14H2,(H,23,24)(H,25,26). The number of ether oxygens (including phenoxy) is 2. The first-order chi connectivity index (χ1) is 13.6. The molecule has 0 saturated heterocycles. The number of rotatable bonds is 8. The summed E-state index contributed by atoms with van der Waals surface area (Å²) in [6, 6.07) is 22.3. The van der Waals surface area contributed by atoms with E-state index in [0.717, 1.165) is 5.75 Å². The average Bonchev–Trinajstić information content (AvgIpc) is 2.72. The van der Waals surface area contributed by atoms with Crippen LogP contribution in [-0.4, -0.2) is 30.2 Å². The molecule has 0 spiro atoms. The van der Waals surface area contributed by atoms with E-state index in [2.05, 4.69) is 5.32 Å². The summed E-state index contributed by atoms with van der Waals surface area (Å²) < 4.78 is 11.2. The van der Waals surface area contributed by atoms with Crippen LogP contribution in [0.5, 0.6) is 11.5 Å². The van der Waals surface area contributed by atoms with Gasteiger partial charge in [-0.2, -0.15) is 0 Å². The average molecular weight is 377 g/mol. The Morgan fingerprint density at radius 2 is 1.43 bits per heavy atom. The van der Waals surface area contributed by atoms with Crippen LogP contribution in [0.25, 0.3) is 0 Å². The number of amides is 1. The van der Waals surface area contributed by atoms with Gasteiger partial charge in [-0.25, -0.2) is 4.79 Å². The van der Waals surface area contributed by atoms with Crippen molar-refractivity contribution in [3.63, 3.8) is 0 Å². The molecule has 0 heterocycles. The van der Waals surface area contributed by atoms with Crippen LogP contribution in [0.15, 0.2) is 78.9 Å². The number of hydrogen-bond donors (Lipinski definition) is 2. The molecule has 0 aliphatic carbocycles. The number of benzene rings is 3. The smallest absolute Gasteiger partial charge is 0.337 e. The van der Waals surface area contributed by atoms with E-state index in [1.165, 1.54) is 6.07 Å². The SMILES string of the molecule is O=C(Nc1ccccc1C(=O)O)c1cccc(OCCOc2ccccc2)c1. The van der Waals surface area contributed by atoms with Crippen LogP contribution >= 0.6 is 0 Å². The fourth-order valence-corrected chi connectivity index (χ4v) is 2.54. The van der Waals surface area contributed by atoms with Gasteiger partial charge in [0.05, 0.1) is 11.3 Å². The Morgan fingerprint density at radius 1 is 0.786 bits per heavy atom. The van der Waals surface area contributed by atoms with Crippen molar-refractivity contribution in [3.05, 3.63) is 90.0 Å². The summed E-state index contributed by atoms with van der Waals surface area (Å²) in [4.78, 5) is 23.7. The summed E-state index contributed by atoms with van der Waals surface area (Å²) in [7, 11) is 0. The predicted octanol–water partition coefficient (Wildman–Crippen LogP) is 4.09. The van der Waals surface area contributed by atoms with Crippen molar-refractivity contribution in [3.8, 4) is 11.5 Å². The highest BCUT2D eigenvalue weighted by atomic mass is 16.5. The zero-order valence-electron chi connectivity index (χ0n) is 15.0. The number of aromatic carboxylic acids is 1. The number of nitrogens with one attached hydrogen (secondary N) is 1. The third kappa shape index (κ3) is 5.11. The minimum atomic E-state index is -1.11. The zero-order valence-corrected chi connectivity index (χ0v) is 15.0. The topological polar surface area (TPSA) is 84.9 Å². The second-order valence-corrected chi connectivity index (χ2v) is 5.84. The summed E-state index contributed by atoms with van der Waals surface area (Å²) in [5, 5.41) is 11.8. The van der Waals surface area contributed by atoms with E-state index in [1.54, 1.807) is 42.5 Å². The monoisotopic (exact) mass is 377 g/mol. The van der Waals surface area contributed by atoms with Crippen LogP contribution < -0.4 is 14.8 Å². The molecule has 3 aromatic carbocycles. The molecule has 0 unspecified atom stereocenters. The van der Waals surface area contributed by atoms with E-state index in [9.17, 15) is 14.7 Å². The molecule has 3 rings (SSSR count). The van der Waals surface area contributed by atoms with Gasteiger partial charge in [0.2, 0.25) is 0 Å². The molecule has 1 amide bonds. The van der Waals surface area contributed by atoms with Crippen molar-refractivity contribution in [1.29, 1.82) is 0 Å². The number of para-hydroxylation sites is 2. The normalized spacial score (nSPS) is 10.1. The Kier molecular flexibility index (Phi) is 6.25. The highest BCUT2D eigenvalue weighted by Gasteiger charge is 2.13. The highest BCUT2D eigenvalue weighted by molar-refractivity contribution is 6.07. The second kappa shape index (κ2) is 9.23. The van der Waals surface area contributed by atoms with E-state index in [-0.39, 0.29) is 11.3 Å². The van der Waals surface area contributed by atoms with E-state index in [4.69, 9.17) is 9.47 Å². The molecule has 142 valence electrons. The maximum Gasteiger partial charge on any atom is 0.337 e. The van der Waals surface area contributed by atoms with Gasteiger partial charge in [0.25, 0.3) is 5.91 Å². The summed E-state index contributed by atoms with van der Waals surface area (Å²) in [5.74, 6) is -0.238. The maximum absolute atomic E-state index is 12.5. The molecule has 0 bridgehead atoms. The van der Waals surface area contributed by atoms with Crippen molar-refractivity contribution in [2.75, 3.05) is 18.5 Å². The second-order valence-electron chi connectivity index (χ2n) is 5.84. The Labute approximate surface area is 162 Å². The van der Waals surface area contributed by atoms with Crippen molar-refractivity contribution < 1.29 is 24.2 Å². The fraction of sp³-hybridized carbons (Fsp3) is 0.0909. The van der Waals surface area contributed by atoms with Gasteiger partial charge in [0, 0.05) is 5.56 Å². The highest BCUT2D eigenvalue weighted by Crippen LogP contribution is 2.18. The van der Waals surface area contributed by atoms with Gasteiger partial charge in [-0.1, -0.05) is 36.4 Å². The van der Waals surface area contributed by atoms with Crippen molar-refractivity contribution in [2.45, 2.75) is 0 Å². The van der Waals surface area contributed by atoms with Crippen molar-refractivity contribution >= 4 is 17.6 Å². The Bertz CT molecular complexity index is 956. The van der Waals surface area contributed by atoms with Gasteiger partial charge in [-0.3, -0.25) is 4.79 Å². The maximum atomic E-state index is 12.5. The first-order valence-corrected chi connectivity index (χ1v) is 8.68. The van der Waals surface area contributed by atoms with Gasteiger partial charge in [0.15, 0.2) is 0 Å². The number of carbonyl (C=O) groups is 2. The third-order valence-corrected chi connectivity index (χ3v) is 3.87. The Hall–Kier alpha value is -3.80.